The average molecular weight is 629 g/mol. The number of carbonyl (C=O) groups is 1. The normalized spacial score (nSPS) is 21.9. The minimum absolute atomic E-state index is 0.0207. The van der Waals surface area contributed by atoms with Crippen LogP contribution in [0.5, 0.6) is 0 Å². The summed E-state index contributed by atoms with van der Waals surface area (Å²) in [6, 6.07) is 6.29. The average Bonchev–Trinajstić information content (AvgIpc) is 3.75. The molecule has 14 nitrogen and oxygen atoms in total. The van der Waals surface area contributed by atoms with E-state index in [1.165, 1.54) is 28.5 Å². The number of ether oxygens (including phenoxy) is 2. The van der Waals surface area contributed by atoms with Gasteiger partial charge < -0.3 is 24.8 Å². The van der Waals surface area contributed by atoms with Crippen molar-refractivity contribution in [1.29, 1.82) is 0 Å². The van der Waals surface area contributed by atoms with E-state index in [0.29, 0.717) is 5.69 Å². The van der Waals surface area contributed by atoms with Crippen LogP contribution in [0.25, 0.3) is 27.2 Å². The highest BCUT2D eigenvalue weighted by Gasteiger charge is 2.48. The molecule has 6 rings (SSSR count). The van der Waals surface area contributed by atoms with Crippen LogP contribution in [0.4, 0.5) is 19.3 Å². The van der Waals surface area contributed by atoms with Crippen molar-refractivity contribution in [2.45, 2.75) is 44.3 Å². The van der Waals surface area contributed by atoms with E-state index >= 15 is 0 Å². The highest BCUT2D eigenvalue weighted by molar-refractivity contribution is 7.18. The molecule has 4 heterocycles. The molecule has 0 aliphatic carbocycles. The molecule has 5 aromatic rings. The second-order valence-corrected chi connectivity index (χ2v) is 11.1. The van der Waals surface area contributed by atoms with Crippen molar-refractivity contribution in [2.75, 3.05) is 18.5 Å². The van der Waals surface area contributed by atoms with Crippen LogP contribution >= 0.6 is 11.3 Å². The van der Waals surface area contributed by atoms with E-state index in [-0.39, 0.29) is 23.7 Å². The summed E-state index contributed by atoms with van der Waals surface area (Å²) in [6.07, 6.45) is -3.67. The van der Waals surface area contributed by atoms with Crippen LogP contribution in [-0.2, 0) is 9.47 Å². The lowest BCUT2D eigenvalue weighted by Gasteiger charge is -2.41. The Morgan fingerprint density at radius 3 is 2.80 bits per heavy atom. The lowest BCUT2D eigenvalue weighted by atomic mass is 9.92. The molecule has 0 radical (unpaired) electrons. The van der Waals surface area contributed by atoms with Gasteiger partial charge in [0.15, 0.2) is 17.5 Å². The highest BCUT2D eigenvalue weighted by atomic mass is 32.1. The molecule has 1 saturated heterocycles. The van der Waals surface area contributed by atoms with Gasteiger partial charge in [0.1, 0.15) is 42.5 Å². The summed E-state index contributed by atoms with van der Waals surface area (Å²) < 4.78 is 43.0. The zero-order chi connectivity index (χ0) is 31.1. The maximum absolute atomic E-state index is 14.5. The van der Waals surface area contributed by atoms with E-state index < -0.39 is 60.5 Å². The molecule has 3 aromatic heterocycles. The molecule has 0 unspecified atom stereocenters. The Bertz CT molecular complexity index is 1830. The number of halogens is 2. The number of aliphatic hydroxyl groups is 3. The minimum atomic E-state index is -1.48. The van der Waals surface area contributed by atoms with E-state index in [4.69, 9.17) is 9.47 Å². The van der Waals surface area contributed by atoms with Crippen molar-refractivity contribution in [2.24, 2.45) is 0 Å². The molecule has 1 amide bonds. The van der Waals surface area contributed by atoms with E-state index in [0.717, 1.165) is 32.0 Å². The van der Waals surface area contributed by atoms with Crippen LogP contribution in [0.15, 0.2) is 42.9 Å². The number of carbonyl (C=O) groups excluding carboxylic acids is 1. The topological polar surface area (TPSA) is 183 Å². The number of thiazole rings is 1. The minimum Gasteiger partial charge on any atom is -0.450 e. The maximum Gasteiger partial charge on any atom is 0.411 e. The quantitative estimate of drug-likeness (QED) is 0.208. The second kappa shape index (κ2) is 11.9. The first-order chi connectivity index (χ1) is 21.2. The standard InChI is InChI=1S/C27H26F2N8O6S/c1-3-42-27(41)33-17-7-13(6-15(28)21(17)29)18-9-36(35-34-18)22-23(39)19(10-38)43-25(24(22)40)26-30-11-31-37(26)14-4-5-16-20(8-14)44-12(2)32-16/h4-9,11,19,22-25,38-40H,3,10H2,1-2H3,(H,33,41)/t19-,22+,23+,24-,25-/m1/s1. The second-order valence-electron chi connectivity index (χ2n) is 9.91. The number of benzene rings is 2. The van der Waals surface area contributed by atoms with Crippen molar-refractivity contribution < 1.29 is 38.4 Å². The Kier molecular flexibility index (Phi) is 8.04. The van der Waals surface area contributed by atoms with Gasteiger partial charge in [-0.1, -0.05) is 5.21 Å². The predicted molar refractivity (Wildman–Crippen MR) is 151 cm³/mol. The van der Waals surface area contributed by atoms with Crippen molar-refractivity contribution in [3.63, 3.8) is 0 Å². The Morgan fingerprint density at radius 2 is 2.02 bits per heavy atom. The molecule has 0 spiro atoms. The molecule has 0 bridgehead atoms. The number of nitrogens with zero attached hydrogens (tertiary/aromatic N) is 7. The number of aliphatic hydroxyl groups excluding tert-OH is 3. The van der Waals surface area contributed by atoms with Crippen molar-refractivity contribution in [3.05, 3.63) is 65.3 Å². The summed E-state index contributed by atoms with van der Waals surface area (Å²) in [4.78, 5) is 20.6. The Labute approximate surface area is 251 Å². The van der Waals surface area contributed by atoms with Gasteiger partial charge in [0, 0.05) is 5.56 Å². The molecule has 1 fully saturated rings. The predicted octanol–water partition coefficient (Wildman–Crippen LogP) is 2.69. The number of amides is 1. The van der Waals surface area contributed by atoms with Crippen LogP contribution in [0.3, 0.4) is 0 Å². The third-order valence-corrected chi connectivity index (χ3v) is 8.03. The zero-order valence-electron chi connectivity index (χ0n) is 23.2. The number of fused-ring (bicyclic) bond motifs is 1. The number of hydrogen-bond donors (Lipinski definition) is 4. The smallest absolute Gasteiger partial charge is 0.411 e. The van der Waals surface area contributed by atoms with Crippen molar-refractivity contribution >= 4 is 33.3 Å². The largest absolute Gasteiger partial charge is 0.450 e. The van der Waals surface area contributed by atoms with E-state index in [9.17, 15) is 28.9 Å². The molecule has 2 aromatic carbocycles. The van der Waals surface area contributed by atoms with E-state index in [2.05, 4.69) is 30.7 Å². The summed E-state index contributed by atoms with van der Waals surface area (Å²) in [5.74, 6) is -2.36. The number of aromatic nitrogens is 7. The highest BCUT2D eigenvalue weighted by Crippen LogP contribution is 2.39. The zero-order valence-corrected chi connectivity index (χ0v) is 24.0. The van der Waals surface area contributed by atoms with Gasteiger partial charge in [0.2, 0.25) is 0 Å². The number of aryl methyl sites for hydroxylation is 1. The maximum atomic E-state index is 14.5. The van der Waals surface area contributed by atoms with Gasteiger partial charge in [-0.3, -0.25) is 5.32 Å². The van der Waals surface area contributed by atoms with Crippen LogP contribution in [-0.4, -0.2) is 87.7 Å². The summed E-state index contributed by atoms with van der Waals surface area (Å²) in [5, 5.41) is 48.0. The van der Waals surface area contributed by atoms with Crippen LogP contribution in [0.1, 0.15) is 29.9 Å². The van der Waals surface area contributed by atoms with Gasteiger partial charge in [-0.2, -0.15) is 5.10 Å². The fraction of sp³-hybridized carbons (Fsp3) is 0.333. The lowest BCUT2D eigenvalue weighted by Crippen LogP contribution is -2.53. The Balaban J connectivity index is 1.33. The number of hydrogen-bond acceptors (Lipinski definition) is 12. The lowest BCUT2D eigenvalue weighted by molar-refractivity contribution is -0.210. The molecular weight excluding hydrogens is 602 g/mol. The fourth-order valence-corrected chi connectivity index (χ4v) is 5.95. The van der Waals surface area contributed by atoms with Crippen molar-refractivity contribution in [3.8, 4) is 16.9 Å². The first-order valence-electron chi connectivity index (χ1n) is 13.4. The summed E-state index contributed by atoms with van der Waals surface area (Å²) >= 11 is 1.51. The number of nitrogens with one attached hydrogen (secondary N) is 1. The molecule has 1 aliphatic rings. The van der Waals surface area contributed by atoms with Gasteiger partial charge in [-0.15, -0.1) is 16.4 Å². The van der Waals surface area contributed by atoms with E-state index in [1.807, 2.05) is 19.1 Å². The van der Waals surface area contributed by atoms with Gasteiger partial charge in [0.05, 0.1) is 46.0 Å². The third kappa shape index (κ3) is 5.39. The molecule has 0 saturated carbocycles. The summed E-state index contributed by atoms with van der Waals surface area (Å²) in [7, 11) is 0. The molecular formula is C27H26F2N8O6S. The van der Waals surface area contributed by atoms with Gasteiger partial charge in [0.25, 0.3) is 0 Å². The molecule has 4 N–H and O–H groups in total. The van der Waals surface area contributed by atoms with E-state index in [1.54, 1.807) is 13.0 Å². The molecule has 1 aliphatic heterocycles. The first-order valence-corrected chi connectivity index (χ1v) is 14.2. The van der Waals surface area contributed by atoms with Gasteiger partial charge in [-0.05, 0) is 44.2 Å². The molecule has 17 heteroatoms. The molecule has 230 valence electrons. The van der Waals surface area contributed by atoms with Crippen LogP contribution in [0.2, 0.25) is 0 Å². The SMILES string of the molecule is CCOC(=O)Nc1cc(-c2cn([C@H]3[C@@H](O)[C@@H](CO)O[C@@H](c4ncnn4-c4ccc5nc(C)sc5c4)[C@@H]3O)nn2)cc(F)c1F. The van der Waals surface area contributed by atoms with Crippen LogP contribution in [0, 0.1) is 18.6 Å². The molecule has 5 atom stereocenters. The fourth-order valence-electron chi connectivity index (χ4n) is 5.09. The third-order valence-electron chi connectivity index (χ3n) is 7.10. The Hall–Kier alpha value is -4.42. The molecule has 44 heavy (non-hydrogen) atoms. The summed E-state index contributed by atoms with van der Waals surface area (Å²) in [5.41, 5.74) is 1.05. The monoisotopic (exact) mass is 628 g/mol. The van der Waals surface area contributed by atoms with Crippen molar-refractivity contribution in [1.82, 2.24) is 34.7 Å². The van der Waals surface area contributed by atoms with Crippen LogP contribution < -0.4 is 5.32 Å². The summed E-state index contributed by atoms with van der Waals surface area (Å²) in [6.45, 7) is 2.88. The first kappa shape index (κ1) is 29.6. The van der Waals surface area contributed by atoms with Gasteiger partial charge in [-0.25, -0.2) is 32.9 Å². The van der Waals surface area contributed by atoms with Gasteiger partial charge >= 0.3 is 6.09 Å². The Morgan fingerprint density at radius 1 is 1.20 bits per heavy atom. The number of rotatable bonds is 7. The number of anilines is 1.